The third-order valence-electron chi connectivity index (χ3n) is 3.03. The maximum Gasteiger partial charge on any atom is 0.255 e. The molecule has 0 heterocycles. The Morgan fingerprint density at radius 2 is 2.05 bits per heavy atom. The number of rotatable bonds is 4. The van der Waals surface area contributed by atoms with Gasteiger partial charge in [0.25, 0.3) is 5.91 Å². The molecule has 0 saturated carbocycles. The average molecular weight is 381 g/mol. The molecule has 0 atom stereocenters. The van der Waals surface area contributed by atoms with Crippen molar-refractivity contribution in [1.82, 2.24) is 0 Å². The molecular formula is C16H16INO2. The number of halogens is 1. The van der Waals surface area contributed by atoms with Gasteiger partial charge in [-0.15, -0.1) is 0 Å². The number of carbonyl (C=O) groups excluding carboxylic acids is 1. The third kappa shape index (κ3) is 3.50. The first-order valence-corrected chi connectivity index (χ1v) is 7.45. The van der Waals surface area contributed by atoms with Gasteiger partial charge in [0.2, 0.25) is 0 Å². The van der Waals surface area contributed by atoms with E-state index in [0.29, 0.717) is 11.3 Å². The molecule has 2 rings (SSSR count). The summed E-state index contributed by atoms with van der Waals surface area (Å²) in [6, 6.07) is 13.1. The molecule has 2 aromatic rings. The highest BCUT2D eigenvalue weighted by atomic mass is 127. The first kappa shape index (κ1) is 14.8. The van der Waals surface area contributed by atoms with Crippen molar-refractivity contribution in [2.75, 3.05) is 12.4 Å². The lowest BCUT2D eigenvalue weighted by molar-refractivity contribution is 0.102. The second-order valence-corrected chi connectivity index (χ2v) is 5.59. The number of methoxy groups -OCH3 is 1. The Morgan fingerprint density at radius 3 is 2.75 bits per heavy atom. The highest BCUT2D eigenvalue weighted by Gasteiger charge is 2.09. The summed E-state index contributed by atoms with van der Waals surface area (Å²) in [5.41, 5.74) is 2.58. The number of aryl methyl sites for hydroxylation is 1. The van der Waals surface area contributed by atoms with Crippen LogP contribution >= 0.6 is 22.6 Å². The van der Waals surface area contributed by atoms with Gasteiger partial charge >= 0.3 is 0 Å². The van der Waals surface area contributed by atoms with Crippen LogP contribution in [0.5, 0.6) is 5.75 Å². The van der Waals surface area contributed by atoms with Gasteiger partial charge in [0.15, 0.2) is 0 Å². The van der Waals surface area contributed by atoms with Crippen molar-refractivity contribution >= 4 is 34.2 Å². The molecule has 3 nitrogen and oxygen atoms in total. The van der Waals surface area contributed by atoms with Gasteiger partial charge in [0, 0.05) is 14.8 Å². The Labute approximate surface area is 132 Å². The molecular weight excluding hydrogens is 365 g/mol. The van der Waals surface area contributed by atoms with Gasteiger partial charge in [-0.2, -0.15) is 0 Å². The normalized spacial score (nSPS) is 10.2. The van der Waals surface area contributed by atoms with E-state index in [1.807, 2.05) is 24.3 Å². The van der Waals surface area contributed by atoms with Crippen LogP contribution in [0.15, 0.2) is 42.5 Å². The van der Waals surface area contributed by atoms with Crippen LogP contribution in [0.25, 0.3) is 0 Å². The summed E-state index contributed by atoms with van der Waals surface area (Å²) >= 11 is 2.27. The quantitative estimate of drug-likeness (QED) is 0.810. The van der Waals surface area contributed by atoms with E-state index in [4.69, 9.17) is 4.74 Å². The molecule has 0 saturated heterocycles. The van der Waals surface area contributed by atoms with Crippen molar-refractivity contribution in [2.24, 2.45) is 0 Å². The second kappa shape index (κ2) is 6.74. The fourth-order valence-electron chi connectivity index (χ4n) is 1.94. The first-order chi connectivity index (χ1) is 9.63. The zero-order chi connectivity index (χ0) is 14.5. The number of anilines is 1. The fraction of sp³-hybridized carbons (Fsp3) is 0.188. The Morgan fingerprint density at radius 1 is 1.25 bits per heavy atom. The summed E-state index contributed by atoms with van der Waals surface area (Å²) in [5.74, 6) is 0.552. The van der Waals surface area contributed by atoms with Crippen LogP contribution in [0.3, 0.4) is 0 Å². The minimum Gasteiger partial charge on any atom is -0.497 e. The van der Waals surface area contributed by atoms with Crippen LogP contribution in [0.2, 0.25) is 0 Å². The molecule has 1 N–H and O–H groups in total. The van der Waals surface area contributed by atoms with Crippen LogP contribution < -0.4 is 10.1 Å². The molecule has 0 radical (unpaired) electrons. The van der Waals surface area contributed by atoms with E-state index in [1.54, 1.807) is 19.2 Å². The third-order valence-corrected chi connectivity index (χ3v) is 3.70. The molecule has 0 aliphatic heterocycles. The first-order valence-electron chi connectivity index (χ1n) is 6.38. The lowest BCUT2D eigenvalue weighted by atomic mass is 10.1. The molecule has 0 aliphatic rings. The monoisotopic (exact) mass is 381 g/mol. The van der Waals surface area contributed by atoms with Crippen molar-refractivity contribution in [3.63, 3.8) is 0 Å². The Hall–Kier alpha value is -1.56. The summed E-state index contributed by atoms with van der Waals surface area (Å²) in [4.78, 5) is 12.3. The van der Waals surface area contributed by atoms with E-state index >= 15 is 0 Å². The Balaban J connectivity index is 2.23. The highest BCUT2D eigenvalue weighted by Crippen LogP contribution is 2.21. The Bertz CT molecular complexity index is 626. The van der Waals surface area contributed by atoms with Crippen molar-refractivity contribution in [3.05, 3.63) is 57.2 Å². The zero-order valence-corrected chi connectivity index (χ0v) is 13.6. The van der Waals surface area contributed by atoms with Gasteiger partial charge in [0.1, 0.15) is 5.75 Å². The summed E-state index contributed by atoms with van der Waals surface area (Å²) < 4.78 is 6.30. The maximum absolute atomic E-state index is 12.3. The molecule has 0 unspecified atom stereocenters. The largest absolute Gasteiger partial charge is 0.497 e. The van der Waals surface area contributed by atoms with Crippen LogP contribution in [0.1, 0.15) is 22.8 Å². The van der Waals surface area contributed by atoms with Crippen LogP contribution in [-0.4, -0.2) is 13.0 Å². The van der Waals surface area contributed by atoms with Gasteiger partial charge in [-0.1, -0.05) is 13.0 Å². The average Bonchev–Trinajstić information content (AvgIpc) is 2.49. The minimum absolute atomic E-state index is 0.125. The lowest BCUT2D eigenvalue weighted by Gasteiger charge is -2.11. The molecule has 0 aliphatic carbocycles. The lowest BCUT2D eigenvalue weighted by Crippen LogP contribution is -2.13. The number of amides is 1. The summed E-state index contributed by atoms with van der Waals surface area (Å²) in [6.07, 6.45) is 0.880. The minimum atomic E-state index is -0.125. The van der Waals surface area contributed by atoms with Gasteiger partial charge in [0.05, 0.1) is 7.11 Å². The van der Waals surface area contributed by atoms with Crippen molar-refractivity contribution in [2.45, 2.75) is 13.3 Å². The van der Waals surface area contributed by atoms with E-state index in [9.17, 15) is 4.79 Å². The van der Waals surface area contributed by atoms with Crippen LogP contribution in [0, 0.1) is 3.57 Å². The van der Waals surface area contributed by atoms with E-state index < -0.39 is 0 Å². The van der Waals surface area contributed by atoms with E-state index in [2.05, 4.69) is 40.9 Å². The van der Waals surface area contributed by atoms with Gasteiger partial charge in [-0.3, -0.25) is 4.79 Å². The smallest absolute Gasteiger partial charge is 0.255 e. The molecule has 0 bridgehead atoms. The fourth-order valence-corrected chi connectivity index (χ4v) is 2.49. The highest BCUT2D eigenvalue weighted by molar-refractivity contribution is 14.1. The van der Waals surface area contributed by atoms with Gasteiger partial charge < -0.3 is 10.1 Å². The van der Waals surface area contributed by atoms with Gasteiger partial charge in [-0.25, -0.2) is 0 Å². The number of hydrogen-bond acceptors (Lipinski definition) is 2. The molecule has 104 valence electrons. The van der Waals surface area contributed by atoms with Crippen molar-refractivity contribution in [3.8, 4) is 5.75 Å². The molecule has 4 heteroatoms. The SMILES string of the molecule is CCc1cc(I)ccc1NC(=O)c1cccc(OC)c1. The van der Waals surface area contributed by atoms with Crippen molar-refractivity contribution < 1.29 is 9.53 Å². The topological polar surface area (TPSA) is 38.3 Å². The summed E-state index contributed by atoms with van der Waals surface area (Å²) in [5, 5.41) is 2.96. The standard InChI is InChI=1S/C16H16INO2/c1-3-11-9-13(17)7-8-15(11)18-16(19)12-5-4-6-14(10-12)20-2/h4-10H,3H2,1-2H3,(H,18,19). The summed E-state index contributed by atoms with van der Waals surface area (Å²) in [7, 11) is 1.59. The van der Waals surface area contributed by atoms with E-state index in [-0.39, 0.29) is 5.91 Å². The maximum atomic E-state index is 12.3. The number of nitrogens with one attached hydrogen (secondary N) is 1. The predicted molar refractivity (Wildman–Crippen MR) is 89.5 cm³/mol. The molecule has 0 fully saturated rings. The molecule has 20 heavy (non-hydrogen) atoms. The van der Waals surface area contributed by atoms with Crippen LogP contribution in [0.4, 0.5) is 5.69 Å². The number of carbonyl (C=O) groups is 1. The molecule has 0 aromatic heterocycles. The molecule has 0 spiro atoms. The van der Waals surface area contributed by atoms with Crippen molar-refractivity contribution in [1.29, 1.82) is 0 Å². The molecule has 1 amide bonds. The molecule has 2 aromatic carbocycles. The predicted octanol–water partition coefficient (Wildman–Crippen LogP) is 4.11. The Kier molecular flexibility index (Phi) is 5.00. The second-order valence-electron chi connectivity index (χ2n) is 4.34. The number of ether oxygens (including phenoxy) is 1. The van der Waals surface area contributed by atoms with Crippen LogP contribution in [-0.2, 0) is 6.42 Å². The number of benzene rings is 2. The van der Waals surface area contributed by atoms with E-state index in [1.165, 1.54) is 3.57 Å². The zero-order valence-electron chi connectivity index (χ0n) is 11.4. The summed E-state index contributed by atoms with van der Waals surface area (Å²) in [6.45, 7) is 2.08. The number of hydrogen-bond donors (Lipinski definition) is 1. The van der Waals surface area contributed by atoms with Gasteiger partial charge in [-0.05, 0) is 71.0 Å². The van der Waals surface area contributed by atoms with E-state index in [0.717, 1.165) is 17.7 Å².